The van der Waals surface area contributed by atoms with E-state index in [0.29, 0.717) is 37.7 Å². The minimum atomic E-state index is -3.89. The first-order valence-corrected chi connectivity index (χ1v) is 11.6. The van der Waals surface area contributed by atoms with Crippen molar-refractivity contribution in [2.75, 3.05) is 35.9 Å². The molecule has 3 aromatic rings. The second-order valence-corrected chi connectivity index (χ2v) is 9.21. The van der Waals surface area contributed by atoms with Gasteiger partial charge in [-0.2, -0.15) is 0 Å². The number of nitrogens with one attached hydrogen (secondary N) is 1. The number of aromatic nitrogens is 3. The summed E-state index contributed by atoms with van der Waals surface area (Å²) < 4.78 is 33.9. The number of pyridine rings is 1. The zero-order valence-corrected chi connectivity index (χ0v) is 18.7. The lowest BCUT2D eigenvalue weighted by molar-refractivity contribution is 0.122. The van der Waals surface area contributed by atoms with E-state index in [-0.39, 0.29) is 9.92 Å². The van der Waals surface area contributed by atoms with Crippen LogP contribution < -0.4 is 9.62 Å². The lowest BCUT2D eigenvalue weighted by Gasteiger charge is -2.29. The van der Waals surface area contributed by atoms with Gasteiger partial charge in [-0.05, 0) is 32.0 Å². The Hall–Kier alpha value is -2.75. The van der Waals surface area contributed by atoms with E-state index in [1.165, 1.54) is 18.5 Å². The summed E-state index contributed by atoms with van der Waals surface area (Å²) in [4.78, 5) is 15.4. The van der Waals surface area contributed by atoms with E-state index in [9.17, 15) is 8.42 Å². The second kappa shape index (κ2) is 8.78. The molecule has 1 aliphatic rings. The van der Waals surface area contributed by atoms with Gasteiger partial charge in [0.15, 0.2) is 0 Å². The summed E-state index contributed by atoms with van der Waals surface area (Å²) in [5.74, 6) is 0.779. The van der Waals surface area contributed by atoms with E-state index >= 15 is 0 Å². The van der Waals surface area contributed by atoms with Crippen LogP contribution in [0.2, 0.25) is 5.02 Å². The fraction of sp³-hybridized carbons (Fsp3) is 0.286. The summed E-state index contributed by atoms with van der Waals surface area (Å²) in [6.45, 7) is 6.32. The molecule has 2 aromatic heterocycles. The summed E-state index contributed by atoms with van der Waals surface area (Å²) in [7, 11) is -3.89. The quantitative estimate of drug-likeness (QED) is 0.624. The van der Waals surface area contributed by atoms with Crippen molar-refractivity contribution in [1.29, 1.82) is 0 Å². The van der Waals surface area contributed by atoms with E-state index in [0.717, 1.165) is 22.6 Å². The largest absolute Gasteiger partial charge is 0.378 e. The molecule has 1 N–H and O–H groups in total. The number of anilines is 2. The van der Waals surface area contributed by atoms with Gasteiger partial charge in [0.2, 0.25) is 0 Å². The van der Waals surface area contributed by atoms with Crippen LogP contribution in [0.3, 0.4) is 0 Å². The van der Waals surface area contributed by atoms with Crippen LogP contribution in [0.4, 0.5) is 11.5 Å². The van der Waals surface area contributed by atoms with Crippen LogP contribution in [-0.2, 0) is 14.8 Å². The molecule has 1 saturated heterocycles. The number of halogens is 1. The van der Waals surface area contributed by atoms with Gasteiger partial charge in [0, 0.05) is 30.4 Å². The van der Waals surface area contributed by atoms with Gasteiger partial charge in [-0.15, -0.1) is 0 Å². The Kier molecular flexibility index (Phi) is 6.08. The van der Waals surface area contributed by atoms with E-state index in [2.05, 4.69) is 24.6 Å². The van der Waals surface area contributed by atoms with E-state index in [1.54, 1.807) is 31.3 Å². The maximum Gasteiger partial charge on any atom is 0.263 e. The first kappa shape index (κ1) is 21.5. The van der Waals surface area contributed by atoms with Crippen molar-refractivity contribution in [1.82, 2.24) is 15.0 Å². The Balaban J connectivity index is 1.75. The molecule has 0 atom stereocenters. The molecule has 1 aromatic carbocycles. The van der Waals surface area contributed by atoms with Crippen LogP contribution in [0.15, 0.2) is 47.8 Å². The number of hydrogen-bond acceptors (Lipinski definition) is 7. The van der Waals surface area contributed by atoms with Crippen LogP contribution in [-0.4, -0.2) is 49.7 Å². The highest BCUT2D eigenvalue weighted by Gasteiger charge is 2.22. The van der Waals surface area contributed by atoms with Gasteiger partial charge in [0.1, 0.15) is 17.0 Å². The molecular formula is C21H22ClN5O3S. The van der Waals surface area contributed by atoms with Gasteiger partial charge in [-0.3, -0.25) is 9.71 Å². The van der Waals surface area contributed by atoms with Gasteiger partial charge in [0.05, 0.1) is 35.3 Å². The molecule has 162 valence electrons. The number of sulfonamides is 1. The van der Waals surface area contributed by atoms with Crippen LogP contribution in [0.5, 0.6) is 0 Å². The van der Waals surface area contributed by atoms with E-state index < -0.39 is 10.0 Å². The molecule has 0 spiro atoms. The molecule has 8 nitrogen and oxygen atoms in total. The van der Waals surface area contributed by atoms with Crippen molar-refractivity contribution < 1.29 is 13.2 Å². The molecule has 4 rings (SSSR count). The number of benzene rings is 1. The van der Waals surface area contributed by atoms with Gasteiger partial charge < -0.3 is 9.64 Å². The molecule has 10 heteroatoms. The molecule has 0 radical (unpaired) electrons. The third kappa shape index (κ3) is 4.48. The molecule has 0 aliphatic carbocycles. The molecule has 0 bridgehead atoms. The fourth-order valence-corrected chi connectivity index (χ4v) is 5.08. The Morgan fingerprint density at radius 1 is 1.06 bits per heavy atom. The van der Waals surface area contributed by atoms with Crippen LogP contribution in [0.1, 0.15) is 11.4 Å². The van der Waals surface area contributed by atoms with Crippen LogP contribution in [0.25, 0.3) is 11.1 Å². The Bertz CT molecular complexity index is 1210. The van der Waals surface area contributed by atoms with E-state index in [1.807, 2.05) is 6.92 Å². The average molecular weight is 460 g/mol. The first-order chi connectivity index (χ1) is 14.9. The van der Waals surface area contributed by atoms with Crippen molar-refractivity contribution in [2.24, 2.45) is 0 Å². The smallest absolute Gasteiger partial charge is 0.263 e. The third-order valence-corrected chi connectivity index (χ3v) is 6.94. The van der Waals surface area contributed by atoms with Gasteiger partial charge in [0.25, 0.3) is 10.0 Å². The van der Waals surface area contributed by atoms with Gasteiger partial charge >= 0.3 is 0 Å². The summed E-state index contributed by atoms with van der Waals surface area (Å²) >= 11 is 6.10. The molecular weight excluding hydrogens is 438 g/mol. The zero-order chi connectivity index (χ0) is 22.0. The highest BCUT2D eigenvalue weighted by atomic mass is 35.5. The minimum absolute atomic E-state index is 0.00898. The molecule has 0 amide bonds. The highest BCUT2D eigenvalue weighted by molar-refractivity contribution is 7.92. The number of ether oxygens (including phenoxy) is 1. The standard InChI is InChI=1S/C21H22ClN5O3S/c1-14-18(26-31(28,29)19-6-4-3-5-17(19)22)11-16(12-23-14)20-15(2)24-13-25-21(20)27-7-9-30-10-8-27/h3-6,11-13,26H,7-10H2,1-2H3. The first-order valence-electron chi connectivity index (χ1n) is 9.75. The highest BCUT2D eigenvalue weighted by Crippen LogP contribution is 2.34. The summed E-state index contributed by atoms with van der Waals surface area (Å²) in [5.41, 5.74) is 3.23. The molecule has 1 fully saturated rings. The Labute approximate surface area is 186 Å². The summed E-state index contributed by atoms with van der Waals surface area (Å²) in [6.07, 6.45) is 3.24. The Morgan fingerprint density at radius 3 is 2.55 bits per heavy atom. The second-order valence-electron chi connectivity index (χ2n) is 7.15. The zero-order valence-electron chi connectivity index (χ0n) is 17.2. The van der Waals surface area contributed by atoms with Crippen molar-refractivity contribution in [2.45, 2.75) is 18.7 Å². The van der Waals surface area contributed by atoms with Crippen LogP contribution in [0, 0.1) is 13.8 Å². The third-order valence-electron chi connectivity index (χ3n) is 5.07. The molecule has 0 saturated carbocycles. The summed E-state index contributed by atoms with van der Waals surface area (Å²) in [6, 6.07) is 8.06. The number of morpholine rings is 1. The van der Waals surface area contributed by atoms with Crippen molar-refractivity contribution in [3.8, 4) is 11.1 Å². The summed E-state index contributed by atoms with van der Waals surface area (Å²) in [5, 5.41) is 0.152. The average Bonchev–Trinajstić information content (AvgIpc) is 2.76. The van der Waals surface area contributed by atoms with Crippen LogP contribution >= 0.6 is 11.6 Å². The number of rotatable bonds is 5. The number of aryl methyl sites for hydroxylation is 2. The normalized spacial score (nSPS) is 14.5. The molecule has 3 heterocycles. The minimum Gasteiger partial charge on any atom is -0.378 e. The monoisotopic (exact) mass is 459 g/mol. The van der Waals surface area contributed by atoms with Gasteiger partial charge in [-0.25, -0.2) is 18.4 Å². The molecule has 0 unspecified atom stereocenters. The van der Waals surface area contributed by atoms with Crippen molar-refractivity contribution in [3.63, 3.8) is 0 Å². The Morgan fingerprint density at radius 2 is 1.81 bits per heavy atom. The lowest BCUT2D eigenvalue weighted by atomic mass is 10.0. The maximum absolute atomic E-state index is 12.9. The van der Waals surface area contributed by atoms with Gasteiger partial charge in [-0.1, -0.05) is 23.7 Å². The predicted molar refractivity (Wildman–Crippen MR) is 120 cm³/mol. The predicted octanol–water partition coefficient (Wildman–Crippen LogP) is 3.45. The topological polar surface area (TPSA) is 97.3 Å². The van der Waals surface area contributed by atoms with Crippen molar-refractivity contribution >= 4 is 33.1 Å². The van der Waals surface area contributed by atoms with Crippen molar-refractivity contribution in [3.05, 3.63) is 59.3 Å². The van der Waals surface area contributed by atoms with E-state index in [4.69, 9.17) is 16.3 Å². The maximum atomic E-state index is 12.9. The number of hydrogen-bond donors (Lipinski definition) is 1. The SMILES string of the molecule is Cc1ncc(-c2c(C)ncnc2N2CCOCC2)cc1NS(=O)(=O)c1ccccc1Cl. The molecule has 31 heavy (non-hydrogen) atoms. The fourth-order valence-electron chi connectivity index (χ4n) is 3.45. The lowest BCUT2D eigenvalue weighted by Crippen LogP contribution is -2.37. The molecule has 1 aliphatic heterocycles. The number of nitrogens with zero attached hydrogens (tertiary/aromatic N) is 4.